The Balaban J connectivity index is 2.24. The summed E-state index contributed by atoms with van der Waals surface area (Å²) in [6.07, 6.45) is 0.937. The molecule has 2 aromatic carbocycles. The fourth-order valence-electron chi connectivity index (χ4n) is 2.77. The van der Waals surface area contributed by atoms with Crippen molar-refractivity contribution in [1.82, 2.24) is 9.13 Å². The second kappa shape index (κ2) is 5.13. The molecule has 0 fully saturated rings. The number of anilines is 1. The number of hydrogen-bond acceptors (Lipinski definition) is 2. The van der Waals surface area contributed by atoms with Crippen LogP contribution in [-0.2, 0) is 13.6 Å². The van der Waals surface area contributed by atoms with Gasteiger partial charge in [0.1, 0.15) is 0 Å². The second-order valence-corrected chi connectivity index (χ2v) is 5.28. The first-order chi connectivity index (χ1) is 10.1. The maximum Gasteiger partial charge on any atom is 0.328 e. The van der Waals surface area contributed by atoms with Gasteiger partial charge in [0.2, 0.25) is 0 Å². The van der Waals surface area contributed by atoms with Crippen LogP contribution < -0.4 is 11.4 Å². The van der Waals surface area contributed by atoms with Crippen molar-refractivity contribution in [1.29, 1.82) is 0 Å². The summed E-state index contributed by atoms with van der Waals surface area (Å²) < 4.78 is 3.53. The van der Waals surface area contributed by atoms with E-state index in [2.05, 4.69) is 6.92 Å². The molecule has 0 amide bonds. The zero-order chi connectivity index (χ0) is 15.0. The molecule has 0 spiro atoms. The van der Waals surface area contributed by atoms with Crippen molar-refractivity contribution in [2.24, 2.45) is 7.05 Å². The van der Waals surface area contributed by atoms with E-state index >= 15 is 0 Å². The van der Waals surface area contributed by atoms with Crippen molar-refractivity contribution in [2.45, 2.75) is 19.9 Å². The molecule has 1 heterocycles. The standard InChI is InChI=1S/C17H19N3O/c1-3-10-20-15-9-8-12(11-16(15)19(2)17(20)21)13-6-4-5-7-14(13)18/h4-9,11H,3,10,18H2,1-2H3. The summed E-state index contributed by atoms with van der Waals surface area (Å²) in [5.41, 5.74) is 10.8. The largest absolute Gasteiger partial charge is 0.398 e. The third-order valence-corrected chi connectivity index (χ3v) is 3.86. The molecule has 21 heavy (non-hydrogen) atoms. The minimum atomic E-state index is 0.0324. The van der Waals surface area contributed by atoms with Gasteiger partial charge in [-0.2, -0.15) is 0 Å². The minimum absolute atomic E-state index is 0.0324. The lowest BCUT2D eigenvalue weighted by molar-refractivity contribution is 0.652. The predicted octanol–water partition coefficient (Wildman–Crippen LogP) is 3.00. The quantitative estimate of drug-likeness (QED) is 0.750. The topological polar surface area (TPSA) is 53.0 Å². The Labute approximate surface area is 123 Å². The van der Waals surface area contributed by atoms with E-state index in [4.69, 9.17) is 5.73 Å². The van der Waals surface area contributed by atoms with Crippen molar-refractivity contribution in [3.8, 4) is 11.1 Å². The summed E-state index contributed by atoms with van der Waals surface area (Å²) in [6.45, 7) is 2.81. The monoisotopic (exact) mass is 281 g/mol. The van der Waals surface area contributed by atoms with Gasteiger partial charge in [-0.05, 0) is 30.2 Å². The van der Waals surface area contributed by atoms with Gasteiger partial charge in [0.25, 0.3) is 0 Å². The van der Waals surface area contributed by atoms with Crippen LogP contribution in [0, 0.1) is 0 Å². The fraction of sp³-hybridized carbons (Fsp3) is 0.235. The average Bonchev–Trinajstić information content (AvgIpc) is 2.73. The fourth-order valence-corrected chi connectivity index (χ4v) is 2.77. The maximum atomic E-state index is 12.3. The van der Waals surface area contributed by atoms with E-state index in [9.17, 15) is 4.79 Å². The predicted molar refractivity (Wildman–Crippen MR) is 87.3 cm³/mol. The number of para-hydroxylation sites is 1. The van der Waals surface area contributed by atoms with Crippen LogP contribution >= 0.6 is 0 Å². The van der Waals surface area contributed by atoms with E-state index in [0.29, 0.717) is 0 Å². The maximum absolute atomic E-state index is 12.3. The minimum Gasteiger partial charge on any atom is -0.398 e. The van der Waals surface area contributed by atoms with Gasteiger partial charge in [-0.1, -0.05) is 31.2 Å². The van der Waals surface area contributed by atoms with Crippen molar-refractivity contribution in [3.63, 3.8) is 0 Å². The molecule has 108 valence electrons. The first kappa shape index (κ1) is 13.5. The molecule has 0 aliphatic heterocycles. The van der Waals surface area contributed by atoms with Gasteiger partial charge in [0.15, 0.2) is 0 Å². The highest BCUT2D eigenvalue weighted by Crippen LogP contribution is 2.28. The molecular formula is C17H19N3O. The van der Waals surface area contributed by atoms with E-state index in [1.807, 2.05) is 54.1 Å². The molecule has 4 heteroatoms. The Bertz CT molecular complexity index is 858. The molecule has 3 rings (SSSR count). The van der Waals surface area contributed by atoms with Crippen LogP contribution in [0.2, 0.25) is 0 Å². The Morgan fingerprint density at radius 2 is 1.86 bits per heavy atom. The van der Waals surface area contributed by atoms with Crippen LogP contribution in [0.15, 0.2) is 47.3 Å². The molecule has 0 unspecified atom stereocenters. The van der Waals surface area contributed by atoms with E-state index < -0.39 is 0 Å². The summed E-state index contributed by atoms with van der Waals surface area (Å²) >= 11 is 0. The molecule has 0 saturated heterocycles. The summed E-state index contributed by atoms with van der Waals surface area (Å²) in [6, 6.07) is 13.9. The molecule has 0 atom stereocenters. The van der Waals surface area contributed by atoms with Crippen molar-refractivity contribution >= 4 is 16.7 Å². The Morgan fingerprint density at radius 1 is 1.10 bits per heavy atom. The lowest BCUT2D eigenvalue weighted by Crippen LogP contribution is -2.21. The zero-order valence-corrected chi connectivity index (χ0v) is 12.3. The summed E-state index contributed by atoms with van der Waals surface area (Å²) in [4.78, 5) is 12.3. The summed E-state index contributed by atoms with van der Waals surface area (Å²) in [7, 11) is 1.81. The van der Waals surface area contributed by atoms with E-state index in [-0.39, 0.29) is 5.69 Å². The highest BCUT2D eigenvalue weighted by Gasteiger charge is 2.11. The van der Waals surface area contributed by atoms with Crippen LogP contribution in [0.5, 0.6) is 0 Å². The van der Waals surface area contributed by atoms with Gasteiger partial charge in [0, 0.05) is 24.8 Å². The van der Waals surface area contributed by atoms with E-state index in [0.717, 1.165) is 40.8 Å². The molecule has 0 saturated carbocycles. The first-order valence-corrected chi connectivity index (χ1v) is 7.17. The van der Waals surface area contributed by atoms with E-state index in [1.54, 1.807) is 4.57 Å². The van der Waals surface area contributed by atoms with E-state index in [1.165, 1.54) is 0 Å². The second-order valence-electron chi connectivity index (χ2n) is 5.28. The van der Waals surface area contributed by atoms with Crippen LogP contribution in [0.4, 0.5) is 5.69 Å². The van der Waals surface area contributed by atoms with Crippen molar-refractivity contribution < 1.29 is 0 Å². The molecule has 0 aliphatic carbocycles. The van der Waals surface area contributed by atoms with Crippen LogP contribution in [0.3, 0.4) is 0 Å². The Kier molecular flexibility index (Phi) is 3.29. The number of nitrogen functional groups attached to an aromatic ring is 1. The highest BCUT2D eigenvalue weighted by molar-refractivity contribution is 5.86. The molecule has 4 nitrogen and oxygen atoms in total. The number of fused-ring (bicyclic) bond motifs is 1. The number of aryl methyl sites for hydroxylation is 2. The number of rotatable bonds is 3. The van der Waals surface area contributed by atoms with Gasteiger partial charge in [0.05, 0.1) is 11.0 Å². The number of imidazole rings is 1. The van der Waals surface area contributed by atoms with Crippen LogP contribution in [0.1, 0.15) is 13.3 Å². The molecule has 3 aromatic rings. The molecular weight excluding hydrogens is 262 g/mol. The zero-order valence-electron chi connectivity index (χ0n) is 12.3. The van der Waals surface area contributed by atoms with Crippen molar-refractivity contribution in [2.75, 3.05) is 5.73 Å². The van der Waals surface area contributed by atoms with Crippen molar-refractivity contribution in [3.05, 3.63) is 52.9 Å². The van der Waals surface area contributed by atoms with Gasteiger partial charge in [-0.25, -0.2) is 4.79 Å². The normalized spacial score (nSPS) is 11.1. The third kappa shape index (κ3) is 2.13. The summed E-state index contributed by atoms with van der Waals surface area (Å²) in [5, 5.41) is 0. The Morgan fingerprint density at radius 3 is 2.57 bits per heavy atom. The smallest absolute Gasteiger partial charge is 0.328 e. The highest BCUT2D eigenvalue weighted by atomic mass is 16.1. The molecule has 0 radical (unpaired) electrons. The van der Waals surface area contributed by atoms with Gasteiger partial charge >= 0.3 is 5.69 Å². The number of benzene rings is 2. The number of aromatic nitrogens is 2. The molecule has 2 N–H and O–H groups in total. The molecule has 1 aromatic heterocycles. The number of nitrogens with two attached hydrogens (primary N) is 1. The molecule has 0 aliphatic rings. The average molecular weight is 281 g/mol. The SMILES string of the molecule is CCCn1c(=O)n(C)c2cc(-c3ccccc3N)ccc21. The first-order valence-electron chi connectivity index (χ1n) is 7.17. The molecule has 0 bridgehead atoms. The Hall–Kier alpha value is -2.49. The lowest BCUT2D eigenvalue weighted by Gasteiger charge is -2.06. The third-order valence-electron chi connectivity index (χ3n) is 3.86. The van der Waals surface area contributed by atoms with Gasteiger partial charge in [-0.3, -0.25) is 9.13 Å². The van der Waals surface area contributed by atoms with Gasteiger partial charge in [-0.15, -0.1) is 0 Å². The number of nitrogens with zero attached hydrogens (tertiary/aromatic N) is 2. The van der Waals surface area contributed by atoms with Crippen LogP contribution in [0.25, 0.3) is 22.2 Å². The number of hydrogen-bond donors (Lipinski definition) is 1. The van der Waals surface area contributed by atoms with Crippen LogP contribution in [-0.4, -0.2) is 9.13 Å². The lowest BCUT2D eigenvalue weighted by atomic mass is 10.0. The summed E-state index contributed by atoms with van der Waals surface area (Å²) in [5.74, 6) is 0. The van der Waals surface area contributed by atoms with Gasteiger partial charge < -0.3 is 5.73 Å².